The molecule has 0 bridgehead atoms. The van der Waals surface area contributed by atoms with Crippen LogP contribution in [0, 0.1) is 0 Å². The highest BCUT2D eigenvalue weighted by Gasteiger charge is 2.00. The molecule has 0 aliphatic heterocycles. The number of nitrogens with two attached hydrogens (primary N) is 1. The van der Waals surface area contributed by atoms with Gasteiger partial charge in [-0.3, -0.25) is 4.79 Å². The predicted molar refractivity (Wildman–Crippen MR) is 62.8 cm³/mol. The van der Waals surface area contributed by atoms with E-state index in [1.807, 2.05) is 24.3 Å². The van der Waals surface area contributed by atoms with Crippen LogP contribution in [0.1, 0.15) is 5.56 Å². The van der Waals surface area contributed by atoms with Crippen LogP contribution in [0.25, 0.3) is 11.3 Å². The van der Waals surface area contributed by atoms with Crippen molar-refractivity contribution in [2.45, 2.75) is 6.54 Å². The van der Waals surface area contributed by atoms with Crippen LogP contribution in [0.4, 0.5) is 0 Å². The van der Waals surface area contributed by atoms with E-state index in [2.05, 4.69) is 5.10 Å². The van der Waals surface area contributed by atoms with E-state index in [1.165, 1.54) is 10.7 Å². The lowest BCUT2D eigenvalue weighted by molar-refractivity contribution is 0.712. The van der Waals surface area contributed by atoms with Gasteiger partial charge in [0.2, 0.25) is 0 Å². The Balaban J connectivity index is 2.42. The van der Waals surface area contributed by atoms with E-state index in [-0.39, 0.29) is 5.56 Å². The molecule has 0 aliphatic rings. The smallest absolute Gasteiger partial charge is 0.266 e. The molecular formula is C12H13N3O. The maximum Gasteiger partial charge on any atom is 0.266 e. The molecule has 1 heterocycles. The largest absolute Gasteiger partial charge is 0.326 e. The van der Waals surface area contributed by atoms with Crippen LogP contribution in [0.2, 0.25) is 0 Å². The highest BCUT2D eigenvalue weighted by molar-refractivity contribution is 5.58. The zero-order chi connectivity index (χ0) is 11.5. The summed E-state index contributed by atoms with van der Waals surface area (Å²) in [6.45, 7) is 0.529. The van der Waals surface area contributed by atoms with Gasteiger partial charge >= 0.3 is 0 Å². The highest BCUT2D eigenvalue weighted by atomic mass is 16.1. The standard InChI is InChI=1S/C12H13N3O/c1-15-12(16)7-6-11(14-15)10-4-2-9(8-13)3-5-10/h2-7H,8,13H2,1H3. The number of benzene rings is 1. The zero-order valence-electron chi connectivity index (χ0n) is 9.05. The topological polar surface area (TPSA) is 60.9 Å². The summed E-state index contributed by atoms with van der Waals surface area (Å²) < 4.78 is 1.33. The van der Waals surface area contributed by atoms with Gasteiger partial charge in [0, 0.05) is 25.2 Å². The van der Waals surface area contributed by atoms with Crippen molar-refractivity contribution in [3.63, 3.8) is 0 Å². The number of aromatic nitrogens is 2. The Morgan fingerprint density at radius 2 is 1.88 bits per heavy atom. The molecule has 2 N–H and O–H groups in total. The van der Waals surface area contributed by atoms with Crippen LogP contribution in [0.5, 0.6) is 0 Å². The number of hydrogen-bond donors (Lipinski definition) is 1. The average Bonchev–Trinajstić information content (AvgIpc) is 2.33. The minimum atomic E-state index is -0.109. The molecule has 82 valence electrons. The Hall–Kier alpha value is -1.94. The van der Waals surface area contributed by atoms with Crippen molar-refractivity contribution in [2.24, 2.45) is 12.8 Å². The van der Waals surface area contributed by atoms with Crippen molar-refractivity contribution < 1.29 is 0 Å². The van der Waals surface area contributed by atoms with Gasteiger partial charge in [-0.15, -0.1) is 0 Å². The molecule has 2 aromatic rings. The van der Waals surface area contributed by atoms with E-state index in [0.29, 0.717) is 6.54 Å². The van der Waals surface area contributed by atoms with Crippen LogP contribution in [-0.4, -0.2) is 9.78 Å². The first-order chi connectivity index (χ1) is 7.70. The van der Waals surface area contributed by atoms with Gasteiger partial charge < -0.3 is 5.73 Å². The molecule has 0 radical (unpaired) electrons. The molecule has 4 nitrogen and oxygen atoms in total. The van der Waals surface area contributed by atoms with Crippen molar-refractivity contribution in [2.75, 3.05) is 0 Å². The minimum absolute atomic E-state index is 0.109. The number of hydrogen-bond acceptors (Lipinski definition) is 3. The fraction of sp³-hybridized carbons (Fsp3) is 0.167. The SMILES string of the molecule is Cn1nc(-c2ccc(CN)cc2)ccc1=O. The first kappa shape index (κ1) is 10.6. The molecular weight excluding hydrogens is 202 g/mol. The summed E-state index contributed by atoms with van der Waals surface area (Å²) in [5, 5.41) is 4.17. The first-order valence-corrected chi connectivity index (χ1v) is 5.04. The van der Waals surface area contributed by atoms with Gasteiger partial charge in [-0.25, -0.2) is 4.68 Å². The molecule has 4 heteroatoms. The van der Waals surface area contributed by atoms with Crippen LogP contribution in [0.3, 0.4) is 0 Å². The van der Waals surface area contributed by atoms with E-state index >= 15 is 0 Å². The molecule has 0 unspecified atom stereocenters. The van der Waals surface area contributed by atoms with Gasteiger partial charge in [0.15, 0.2) is 0 Å². The predicted octanol–water partition coefficient (Wildman–Crippen LogP) is 0.906. The van der Waals surface area contributed by atoms with E-state index in [9.17, 15) is 4.79 Å². The Labute approximate surface area is 93.3 Å². The van der Waals surface area contributed by atoms with Gasteiger partial charge in [-0.05, 0) is 11.6 Å². The van der Waals surface area contributed by atoms with Crippen LogP contribution in [0.15, 0.2) is 41.2 Å². The van der Waals surface area contributed by atoms with Gasteiger partial charge in [0.05, 0.1) is 5.69 Å². The van der Waals surface area contributed by atoms with Gasteiger partial charge in [0.1, 0.15) is 0 Å². The lowest BCUT2D eigenvalue weighted by atomic mass is 10.1. The maximum atomic E-state index is 11.2. The Morgan fingerprint density at radius 1 is 1.19 bits per heavy atom. The molecule has 0 saturated heterocycles. The maximum absolute atomic E-state index is 11.2. The number of aryl methyl sites for hydroxylation is 1. The fourth-order valence-corrected chi connectivity index (χ4v) is 1.47. The summed E-state index contributed by atoms with van der Waals surface area (Å²) in [4.78, 5) is 11.2. The molecule has 0 atom stereocenters. The molecule has 0 saturated carbocycles. The molecule has 1 aromatic heterocycles. The second-order valence-electron chi connectivity index (χ2n) is 3.58. The quantitative estimate of drug-likeness (QED) is 0.809. The van der Waals surface area contributed by atoms with Crippen LogP contribution in [-0.2, 0) is 13.6 Å². The second kappa shape index (κ2) is 4.28. The minimum Gasteiger partial charge on any atom is -0.326 e. The van der Waals surface area contributed by atoms with Gasteiger partial charge in [-0.1, -0.05) is 24.3 Å². The summed E-state index contributed by atoms with van der Waals surface area (Å²) in [5.74, 6) is 0. The van der Waals surface area contributed by atoms with E-state index in [0.717, 1.165) is 16.8 Å². The van der Waals surface area contributed by atoms with Crippen molar-refractivity contribution in [1.82, 2.24) is 9.78 Å². The third-order valence-electron chi connectivity index (χ3n) is 2.45. The molecule has 0 aliphatic carbocycles. The molecule has 2 rings (SSSR count). The monoisotopic (exact) mass is 215 g/mol. The Bertz CT molecular complexity index is 543. The lowest BCUT2D eigenvalue weighted by Gasteiger charge is -2.03. The summed E-state index contributed by atoms with van der Waals surface area (Å²) in [5.41, 5.74) is 8.25. The summed E-state index contributed by atoms with van der Waals surface area (Å²) in [6.07, 6.45) is 0. The highest BCUT2D eigenvalue weighted by Crippen LogP contribution is 2.15. The summed E-state index contributed by atoms with van der Waals surface area (Å²) >= 11 is 0. The van der Waals surface area contributed by atoms with Crippen molar-refractivity contribution in [1.29, 1.82) is 0 Å². The number of nitrogens with zero attached hydrogens (tertiary/aromatic N) is 2. The molecule has 1 aromatic carbocycles. The van der Waals surface area contributed by atoms with Gasteiger partial charge in [-0.2, -0.15) is 5.10 Å². The van der Waals surface area contributed by atoms with Gasteiger partial charge in [0.25, 0.3) is 5.56 Å². The van der Waals surface area contributed by atoms with Crippen molar-refractivity contribution in [3.8, 4) is 11.3 Å². The molecule has 16 heavy (non-hydrogen) atoms. The first-order valence-electron chi connectivity index (χ1n) is 5.04. The van der Waals surface area contributed by atoms with E-state index in [4.69, 9.17) is 5.73 Å². The van der Waals surface area contributed by atoms with E-state index < -0.39 is 0 Å². The third kappa shape index (κ3) is 2.01. The average molecular weight is 215 g/mol. The van der Waals surface area contributed by atoms with Crippen molar-refractivity contribution >= 4 is 0 Å². The molecule has 0 spiro atoms. The van der Waals surface area contributed by atoms with E-state index in [1.54, 1.807) is 13.1 Å². The molecule has 0 fully saturated rings. The normalized spacial score (nSPS) is 10.4. The summed E-state index contributed by atoms with van der Waals surface area (Å²) in [7, 11) is 1.64. The van der Waals surface area contributed by atoms with Crippen LogP contribution < -0.4 is 11.3 Å². The number of rotatable bonds is 2. The molecule has 0 amide bonds. The van der Waals surface area contributed by atoms with Crippen LogP contribution >= 0.6 is 0 Å². The Kier molecular flexibility index (Phi) is 2.83. The fourth-order valence-electron chi connectivity index (χ4n) is 1.47. The summed E-state index contributed by atoms with van der Waals surface area (Å²) in [6, 6.07) is 11.1. The second-order valence-corrected chi connectivity index (χ2v) is 3.58. The van der Waals surface area contributed by atoms with Crippen molar-refractivity contribution in [3.05, 3.63) is 52.3 Å². The lowest BCUT2D eigenvalue weighted by Crippen LogP contribution is -2.18. The third-order valence-corrected chi connectivity index (χ3v) is 2.45. The zero-order valence-corrected chi connectivity index (χ0v) is 9.05. The Morgan fingerprint density at radius 3 is 2.44 bits per heavy atom.